The summed E-state index contributed by atoms with van der Waals surface area (Å²) in [6.45, 7) is 1.82. The second-order valence-electron chi connectivity index (χ2n) is 6.81. The summed E-state index contributed by atoms with van der Waals surface area (Å²) in [4.78, 5) is 26.2. The van der Waals surface area contributed by atoms with Crippen LogP contribution in [0.15, 0.2) is 48.5 Å². The Balaban J connectivity index is 1.33. The van der Waals surface area contributed by atoms with Crippen LogP contribution in [0.3, 0.4) is 0 Å². The van der Waals surface area contributed by atoms with Gasteiger partial charge in [-0.2, -0.15) is 0 Å². The number of amides is 2. The topological polar surface area (TPSA) is 70.7 Å². The zero-order valence-electron chi connectivity index (χ0n) is 15.1. The Kier molecular flexibility index (Phi) is 5.07. The Morgan fingerprint density at radius 2 is 2.00 bits per heavy atom. The molecular formula is C21H23N3O3. The maximum atomic E-state index is 12.4. The molecule has 2 aromatic rings. The molecular weight excluding hydrogens is 342 g/mol. The van der Waals surface area contributed by atoms with Crippen molar-refractivity contribution in [1.29, 1.82) is 0 Å². The van der Waals surface area contributed by atoms with Gasteiger partial charge >= 0.3 is 0 Å². The normalized spacial score (nSPS) is 18.3. The van der Waals surface area contributed by atoms with Crippen LogP contribution in [0.4, 0.5) is 5.69 Å². The fourth-order valence-corrected chi connectivity index (χ4v) is 3.69. The molecule has 6 nitrogen and oxygen atoms in total. The molecule has 0 saturated carbocycles. The molecule has 140 valence electrons. The first-order valence-corrected chi connectivity index (χ1v) is 9.32. The molecule has 2 N–H and O–H groups in total. The van der Waals surface area contributed by atoms with Gasteiger partial charge in [0, 0.05) is 25.6 Å². The van der Waals surface area contributed by atoms with Gasteiger partial charge in [-0.15, -0.1) is 0 Å². The van der Waals surface area contributed by atoms with Gasteiger partial charge in [-0.05, 0) is 36.2 Å². The Morgan fingerprint density at radius 1 is 1.19 bits per heavy atom. The van der Waals surface area contributed by atoms with E-state index >= 15 is 0 Å². The van der Waals surface area contributed by atoms with Crippen LogP contribution in [0, 0.1) is 0 Å². The quantitative estimate of drug-likeness (QED) is 0.848. The van der Waals surface area contributed by atoms with E-state index in [0.29, 0.717) is 18.8 Å². The molecule has 0 spiro atoms. The van der Waals surface area contributed by atoms with Gasteiger partial charge < -0.3 is 20.3 Å². The third kappa shape index (κ3) is 3.80. The molecule has 2 heterocycles. The van der Waals surface area contributed by atoms with E-state index in [1.807, 2.05) is 30.3 Å². The van der Waals surface area contributed by atoms with Crippen LogP contribution in [0.2, 0.25) is 0 Å². The minimum atomic E-state index is -0.121. The van der Waals surface area contributed by atoms with Gasteiger partial charge in [-0.3, -0.25) is 9.59 Å². The molecule has 2 aromatic carbocycles. The molecule has 0 radical (unpaired) electrons. The lowest BCUT2D eigenvalue weighted by Crippen LogP contribution is -2.42. The molecule has 2 aliphatic rings. The number of rotatable bonds is 5. The number of carbonyl (C=O) groups excluding carboxylic acids is 2. The zero-order chi connectivity index (χ0) is 18.6. The van der Waals surface area contributed by atoms with Crippen molar-refractivity contribution in [2.75, 3.05) is 31.1 Å². The largest absolute Gasteiger partial charge is 0.482 e. The highest BCUT2D eigenvalue weighted by Gasteiger charge is 2.25. The first kappa shape index (κ1) is 17.5. The Morgan fingerprint density at radius 3 is 2.93 bits per heavy atom. The van der Waals surface area contributed by atoms with E-state index in [-0.39, 0.29) is 30.9 Å². The summed E-state index contributed by atoms with van der Waals surface area (Å²) in [6, 6.07) is 15.9. The number of hydrogen-bond acceptors (Lipinski definition) is 4. The predicted molar refractivity (Wildman–Crippen MR) is 103 cm³/mol. The summed E-state index contributed by atoms with van der Waals surface area (Å²) in [5.41, 5.74) is 3.32. The lowest BCUT2D eigenvalue weighted by molar-refractivity contribution is -0.122. The van der Waals surface area contributed by atoms with Gasteiger partial charge in [-0.25, -0.2) is 0 Å². The number of carbonyl (C=O) groups is 2. The first-order chi connectivity index (χ1) is 13.2. The van der Waals surface area contributed by atoms with Gasteiger partial charge in [0.25, 0.3) is 5.91 Å². The fraction of sp³-hybridized carbons (Fsp3) is 0.333. The number of benzene rings is 2. The number of hydrogen-bond donors (Lipinski definition) is 2. The lowest BCUT2D eigenvalue weighted by Gasteiger charge is -2.29. The van der Waals surface area contributed by atoms with Gasteiger partial charge in [0.15, 0.2) is 6.61 Å². The summed E-state index contributed by atoms with van der Waals surface area (Å²) in [7, 11) is 0. The van der Waals surface area contributed by atoms with Crippen LogP contribution in [0.1, 0.15) is 23.6 Å². The molecule has 4 rings (SSSR count). The number of fused-ring (bicyclic) bond motifs is 2. The Labute approximate surface area is 158 Å². The highest BCUT2D eigenvalue weighted by Crippen LogP contribution is 2.31. The fourth-order valence-electron chi connectivity index (χ4n) is 3.69. The maximum absolute atomic E-state index is 12.4. The number of ether oxygens (including phenoxy) is 1. The van der Waals surface area contributed by atoms with Gasteiger partial charge in [0.2, 0.25) is 5.91 Å². The van der Waals surface area contributed by atoms with Crippen molar-refractivity contribution in [3.63, 3.8) is 0 Å². The molecule has 1 atom stereocenters. The van der Waals surface area contributed by atoms with Crippen LogP contribution < -0.4 is 20.3 Å². The second kappa shape index (κ2) is 7.80. The third-order valence-corrected chi connectivity index (χ3v) is 5.09. The number of anilines is 1. The maximum Gasteiger partial charge on any atom is 0.265 e. The van der Waals surface area contributed by atoms with Gasteiger partial charge in [0.05, 0.1) is 5.69 Å². The first-order valence-electron chi connectivity index (χ1n) is 9.32. The minimum absolute atomic E-state index is 0.0153. The molecule has 0 fully saturated rings. The number of nitrogens with one attached hydrogen (secondary N) is 2. The van der Waals surface area contributed by atoms with E-state index in [4.69, 9.17) is 4.74 Å². The van der Waals surface area contributed by atoms with Crippen LogP contribution in [-0.2, 0) is 16.0 Å². The smallest absolute Gasteiger partial charge is 0.265 e. The van der Waals surface area contributed by atoms with Crippen molar-refractivity contribution < 1.29 is 14.3 Å². The third-order valence-electron chi connectivity index (χ3n) is 5.09. The molecule has 0 aliphatic carbocycles. The zero-order valence-corrected chi connectivity index (χ0v) is 15.1. The van der Waals surface area contributed by atoms with Gasteiger partial charge in [-0.1, -0.05) is 36.4 Å². The predicted octanol–water partition coefficient (Wildman–Crippen LogP) is 1.81. The molecule has 1 unspecified atom stereocenters. The average molecular weight is 365 g/mol. The SMILES string of the molecule is O=C(CCN1C(=O)COc2ccccc21)NCC1NCCc2ccccc21. The van der Waals surface area contributed by atoms with E-state index in [0.717, 1.165) is 18.7 Å². The van der Waals surface area contributed by atoms with Crippen molar-refractivity contribution in [1.82, 2.24) is 10.6 Å². The van der Waals surface area contributed by atoms with Crippen LogP contribution in [0.25, 0.3) is 0 Å². The van der Waals surface area contributed by atoms with Crippen molar-refractivity contribution in [2.45, 2.75) is 18.9 Å². The summed E-state index contributed by atoms with van der Waals surface area (Å²) < 4.78 is 5.43. The Bertz CT molecular complexity index is 852. The molecule has 0 saturated heterocycles. The highest BCUT2D eigenvalue weighted by molar-refractivity contribution is 5.98. The van der Waals surface area contributed by atoms with Crippen LogP contribution in [-0.4, -0.2) is 38.1 Å². The lowest BCUT2D eigenvalue weighted by atomic mass is 9.94. The van der Waals surface area contributed by atoms with Crippen molar-refractivity contribution in [2.24, 2.45) is 0 Å². The van der Waals surface area contributed by atoms with Crippen LogP contribution >= 0.6 is 0 Å². The molecule has 0 aromatic heterocycles. The molecule has 27 heavy (non-hydrogen) atoms. The van der Waals surface area contributed by atoms with E-state index in [2.05, 4.69) is 28.8 Å². The summed E-state index contributed by atoms with van der Waals surface area (Å²) in [5.74, 6) is 0.501. The monoisotopic (exact) mass is 365 g/mol. The Hall–Kier alpha value is -2.86. The van der Waals surface area contributed by atoms with E-state index in [9.17, 15) is 9.59 Å². The number of para-hydroxylation sites is 2. The molecule has 0 bridgehead atoms. The summed E-state index contributed by atoms with van der Waals surface area (Å²) in [6.07, 6.45) is 1.27. The average Bonchev–Trinajstić information content (AvgIpc) is 2.71. The molecule has 6 heteroatoms. The standard InChI is InChI=1S/C21H23N3O3/c25-20(23-13-17-16-6-2-1-5-15(16)9-11-22-17)10-12-24-18-7-3-4-8-19(18)27-14-21(24)26/h1-8,17,22H,9-14H2,(H,23,25). The van der Waals surface area contributed by atoms with E-state index < -0.39 is 0 Å². The second-order valence-corrected chi connectivity index (χ2v) is 6.81. The minimum Gasteiger partial charge on any atom is -0.482 e. The van der Waals surface area contributed by atoms with Crippen molar-refractivity contribution in [3.8, 4) is 5.75 Å². The highest BCUT2D eigenvalue weighted by atomic mass is 16.5. The van der Waals surface area contributed by atoms with Gasteiger partial charge in [0.1, 0.15) is 5.75 Å². The molecule has 2 aliphatic heterocycles. The number of nitrogens with zero attached hydrogens (tertiary/aromatic N) is 1. The van der Waals surface area contributed by atoms with Crippen LogP contribution in [0.5, 0.6) is 5.75 Å². The molecule has 2 amide bonds. The van der Waals surface area contributed by atoms with Crippen molar-refractivity contribution in [3.05, 3.63) is 59.7 Å². The summed E-state index contributed by atoms with van der Waals surface area (Å²) in [5, 5.41) is 6.46. The van der Waals surface area contributed by atoms with E-state index in [1.54, 1.807) is 4.90 Å². The van der Waals surface area contributed by atoms with Crippen molar-refractivity contribution >= 4 is 17.5 Å². The summed E-state index contributed by atoms with van der Waals surface area (Å²) >= 11 is 0. The van der Waals surface area contributed by atoms with E-state index in [1.165, 1.54) is 11.1 Å².